The molecule has 0 aliphatic heterocycles. The molecule has 0 aliphatic rings. The van der Waals surface area contributed by atoms with Gasteiger partial charge in [-0.1, -0.05) is 30.3 Å². The Hall–Kier alpha value is -3.51. The lowest BCUT2D eigenvalue weighted by Crippen LogP contribution is -2.13. The summed E-state index contributed by atoms with van der Waals surface area (Å²) in [5.41, 5.74) is 2.21. The minimum absolute atomic E-state index is 0.0585. The fourth-order valence-electron chi connectivity index (χ4n) is 2.80. The van der Waals surface area contributed by atoms with Gasteiger partial charge in [0.2, 0.25) is 0 Å². The highest BCUT2D eigenvalue weighted by molar-refractivity contribution is 7.17. The van der Waals surface area contributed by atoms with E-state index in [1.807, 2.05) is 36.4 Å². The van der Waals surface area contributed by atoms with E-state index in [2.05, 4.69) is 10.3 Å². The molecular formula is C21H14N2O3S. The van der Waals surface area contributed by atoms with Gasteiger partial charge in [-0.25, -0.2) is 4.79 Å². The van der Waals surface area contributed by atoms with Gasteiger partial charge in [0.1, 0.15) is 0 Å². The molecule has 2 aromatic carbocycles. The number of pyridine rings is 1. The van der Waals surface area contributed by atoms with E-state index in [0.717, 1.165) is 21.3 Å². The van der Waals surface area contributed by atoms with Crippen molar-refractivity contribution in [3.63, 3.8) is 0 Å². The van der Waals surface area contributed by atoms with Crippen LogP contribution in [0.1, 0.15) is 20.0 Å². The lowest BCUT2D eigenvalue weighted by atomic mass is 10.1. The molecular weight excluding hydrogens is 360 g/mol. The van der Waals surface area contributed by atoms with Crippen molar-refractivity contribution in [3.8, 4) is 10.4 Å². The Kier molecular flexibility index (Phi) is 4.40. The van der Waals surface area contributed by atoms with E-state index < -0.39 is 5.97 Å². The molecule has 0 bridgehead atoms. The summed E-state index contributed by atoms with van der Waals surface area (Å²) in [6, 6.07) is 19.8. The minimum atomic E-state index is -1.08. The smallest absolute Gasteiger partial charge is 0.337 e. The Morgan fingerprint density at radius 1 is 0.963 bits per heavy atom. The van der Waals surface area contributed by atoms with Crippen LogP contribution in [0.2, 0.25) is 0 Å². The van der Waals surface area contributed by atoms with E-state index in [1.54, 1.807) is 30.5 Å². The second-order valence-corrected chi connectivity index (χ2v) is 6.96. The number of carboxylic acid groups (broad SMARTS) is 1. The fourth-order valence-corrected chi connectivity index (χ4v) is 3.69. The molecule has 0 unspecified atom stereocenters. The molecule has 0 fully saturated rings. The Balaban J connectivity index is 1.60. The molecule has 0 saturated heterocycles. The zero-order chi connectivity index (χ0) is 18.8. The van der Waals surface area contributed by atoms with Crippen LogP contribution in [0.4, 0.5) is 5.69 Å². The summed E-state index contributed by atoms with van der Waals surface area (Å²) in [6.45, 7) is 0. The summed E-state index contributed by atoms with van der Waals surface area (Å²) in [4.78, 5) is 29.6. The van der Waals surface area contributed by atoms with E-state index in [9.17, 15) is 14.7 Å². The zero-order valence-electron chi connectivity index (χ0n) is 14.0. The monoisotopic (exact) mass is 374 g/mol. The first-order valence-electron chi connectivity index (χ1n) is 8.20. The van der Waals surface area contributed by atoms with Crippen LogP contribution in [0.15, 0.2) is 72.9 Å². The van der Waals surface area contributed by atoms with E-state index in [1.165, 1.54) is 17.4 Å². The highest BCUT2D eigenvalue weighted by atomic mass is 32.1. The summed E-state index contributed by atoms with van der Waals surface area (Å²) in [6.07, 6.45) is 1.75. The van der Waals surface area contributed by atoms with Crippen molar-refractivity contribution in [2.75, 3.05) is 5.32 Å². The Labute approximate surface area is 158 Å². The molecule has 0 atom stereocenters. The highest BCUT2D eigenvalue weighted by Crippen LogP contribution is 2.30. The van der Waals surface area contributed by atoms with Crippen LogP contribution in [0.5, 0.6) is 0 Å². The summed E-state index contributed by atoms with van der Waals surface area (Å²) >= 11 is 1.35. The van der Waals surface area contributed by atoms with Gasteiger partial charge >= 0.3 is 5.97 Å². The number of fused-ring (bicyclic) bond motifs is 1. The first-order chi connectivity index (χ1) is 13.1. The van der Waals surface area contributed by atoms with Crippen LogP contribution in [0.25, 0.3) is 21.3 Å². The Morgan fingerprint density at radius 2 is 1.81 bits per heavy atom. The standard InChI is InChI=1S/C21H14N2O3S/c24-20(23-16-6-2-1-5-15(16)21(25)26)19-10-9-18(27-19)14-8-7-13-4-3-11-22-17(13)12-14/h1-12H,(H,23,24)(H,25,26). The molecule has 27 heavy (non-hydrogen) atoms. The van der Waals surface area contributed by atoms with E-state index in [4.69, 9.17) is 0 Å². The van der Waals surface area contributed by atoms with Crippen molar-refractivity contribution in [2.24, 2.45) is 0 Å². The second-order valence-electron chi connectivity index (χ2n) is 5.88. The lowest BCUT2D eigenvalue weighted by molar-refractivity contribution is 0.0698. The fraction of sp³-hybridized carbons (Fsp3) is 0. The van der Waals surface area contributed by atoms with Crippen molar-refractivity contribution in [1.29, 1.82) is 0 Å². The minimum Gasteiger partial charge on any atom is -0.478 e. The van der Waals surface area contributed by atoms with Crippen molar-refractivity contribution in [2.45, 2.75) is 0 Å². The largest absolute Gasteiger partial charge is 0.478 e. The van der Waals surface area contributed by atoms with Gasteiger partial charge in [0, 0.05) is 16.5 Å². The number of nitrogens with one attached hydrogen (secondary N) is 1. The second kappa shape index (κ2) is 7.01. The molecule has 2 heterocycles. The molecule has 0 aliphatic carbocycles. The van der Waals surface area contributed by atoms with Crippen LogP contribution < -0.4 is 5.32 Å². The van der Waals surface area contributed by atoms with Crippen molar-refractivity contribution >= 4 is 39.8 Å². The van der Waals surface area contributed by atoms with E-state index in [-0.39, 0.29) is 17.2 Å². The molecule has 0 spiro atoms. The number of amides is 1. The number of anilines is 1. The summed E-state index contributed by atoms with van der Waals surface area (Å²) in [5, 5.41) is 13.0. The van der Waals surface area contributed by atoms with Gasteiger partial charge in [0.15, 0.2) is 0 Å². The molecule has 1 amide bonds. The van der Waals surface area contributed by atoms with Crippen molar-refractivity contribution in [1.82, 2.24) is 4.98 Å². The predicted molar refractivity (Wildman–Crippen MR) is 106 cm³/mol. The molecule has 5 nitrogen and oxygen atoms in total. The number of hydrogen-bond acceptors (Lipinski definition) is 4. The number of rotatable bonds is 4. The van der Waals surface area contributed by atoms with Crippen LogP contribution in [-0.4, -0.2) is 22.0 Å². The van der Waals surface area contributed by atoms with Crippen LogP contribution >= 0.6 is 11.3 Å². The topological polar surface area (TPSA) is 79.3 Å². The van der Waals surface area contributed by atoms with E-state index >= 15 is 0 Å². The van der Waals surface area contributed by atoms with Gasteiger partial charge in [0.05, 0.1) is 21.6 Å². The number of nitrogens with zero attached hydrogens (tertiary/aromatic N) is 1. The van der Waals surface area contributed by atoms with Gasteiger partial charge < -0.3 is 10.4 Å². The maximum absolute atomic E-state index is 12.5. The first-order valence-corrected chi connectivity index (χ1v) is 9.02. The third-order valence-electron chi connectivity index (χ3n) is 4.13. The Bertz CT molecular complexity index is 1170. The molecule has 0 radical (unpaired) electrons. The van der Waals surface area contributed by atoms with Crippen LogP contribution in [0, 0.1) is 0 Å². The number of aromatic nitrogens is 1. The summed E-state index contributed by atoms with van der Waals surface area (Å²) in [7, 11) is 0. The quantitative estimate of drug-likeness (QED) is 0.532. The molecule has 4 aromatic rings. The van der Waals surface area contributed by atoms with Crippen LogP contribution in [0.3, 0.4) is 0 Å². The highest BCUT2D eigenvalue weighted by Gasteiger charge is 2.15. The maximum atomic E-state index is 12.5. The van der Waals surface area contributed by atoms with Crippen LogP contribution in [-0.2, 0) is 0 Å². The maximum Gasteiger partial charge on any atom is 0.337 e. The number of para-hydroxylation sites is 1. The van der Waals surface area contributed by atoms with Crippen molar-refractivity contribution < 1.29 is 14.7 Å². The number of carboxylic acids is 1. The average Bonchev–Trinajstić information content (AvgIpc) is 3.18. The van der Waals surface area contributed by atoms with Gasteiger partial charge in [0.25, 0.3) is 5.91 Å². The predicted octanol–water partition coefficient (Wildman–Crippen LogP) is 4.91. The molecule has 0 saturated carbocycles. The number of aromatic carboxylic acids is 1. The average molecular weight is 374 g/mol. The summed E-state index contributed by atoms with van der Waals surface area (Å²) < 4.78 is 0. The number of benzene rings is 2. The number of hydrogen-bond donors (Lipinski definition) is 2. The molecule has 4 rings (SSSR count). The third-order valence-corrected chi connectivity index (χ3v) is 5.26. The SMILES string of the molecule is O=C(Nc1ccccc1C(=O)O)c1ccc(-c2ccc3cccnc3c2)s1. The number of carbonyl (C=O) groups excluding carboxylic acids is 1. The summed E-state index contributed by atoms with van der Waals surface area (Å²) in [5.74, 6) is -1.42. The number of carbonyl (C=O) groups is 2. The molecule has 2 aromatic heterocycles. The molecule has 6 heteroatoms. The molecule has 2 N–H and O–H groups in total. The van der Waals surface area contributed by atoms with Gasteiger partial charge in [-0.3, -0.25) is 9.78 Å². The first kappa shape index (κ1) is 16.9. The van der Waals surface area contributed by atoms with Gasteiger partial charge in [-0.15, -0.1) is 11.3 Å². The zero-order valence-corrected chi connectivity index (χ0v) is 14.9. The third kappa shape index (κ3) is 3.43. The van der Waals surface area contributed by atoms with E-state index in [0.29, 0.717) is 4.88 Å². The lowest BCUT2D eigenvalue weighted by Gasteiger charge is -2.06. The normalized spacial score (nSPS) is 10.7. The molecule has 132 valence electrons. The van der Waals surface area contributed by atoms with Gasteiger partial charge in [-0.05, 0) is 42.0 Å². The van der Waals surface area contributed by atoms with Crippen molar-refractivity contribution in [3.05, 3.63) is 83.4 Å². The number of thiophene rings is 1. The Morgan fingerprint density at radius 3 is 2.67 bits per heavy atom. The van der Waals surface area contributed by atoms with Gasteiger partial charge in [-0.2, -0.15) is 0 Å².